The lowest BCUT2D eigenvalue weighted by atomic mass is 10.2. The van der Waals surface area contributed by atoms with Crippen LogP contribution in [0.5, 0.6) is 0 Å². The fourth-order valence-electron chi connectivity index (χ4n) is 1.48. The van der Waals surface area contributed by atoms with E-state index in [2.05, 4.69) is 92.7 Å². The van der Waals surface area contributed by atoms with Gasteiger partial charge in [-0.05, 0) is 86.1 Å². The van der Waals surface area contributed by atoms with Gasteiger partial charge < -0.3 is 4.74 Å². The zero-order valence-corrected chi connectivity index (χ0v) is 19.6. The number of ether oxygens (including phenoxy) is 1. The van der Waals surface area contributed by atoms with Crippen LogP contribution in [0.3, 0.4) is 0 Å². The Morgan fingerprint density at radius 3 is 1.79 bits per heavy atom. The van der Waals surface area contributed by atoms with Crippen LogP contribution >= 0.6 is 79.6 Å². The molecule has 1 aromatic rings. The minimum Gasteiger partial charge on any atom is -0.377 e. The van der Waals surface area contributed by atoms with Gasteiger partial charge in [-0.15, -0.1) is 0 Å². The largest absolute Gasteiger partial charge is 0.377 e. The third-order valence-electron chi connectivity index (χ3n) is 2.51. The van der Waals surface area contributed by atoms with E-state index < -0.39 is 0 Å². The Kier molecular flexibility index (Phi) is 8.98. The van der Waals surface area contributed by atoms with Crippen molar-refractivity contribution >= 4 is 88.4 Å². The molecule has 1 nitrogen and oxygen atoms in total. The first-order chi connectivity index (χ1) is 8.86. The molecule has 7 heteroatoms. The molecular formula is C12H14Br5OSi. The van der Waals surface area contributed by atoms with Crippen molar-refractivity contribution < 1.29 is 4.74 Å². The molecule has 0 aromatic heterocycles. The van der Waals surface area contributed by atoms with Crippen LogP contribution < -0.4 is 0 Å². The van der Waals surface area contributed by atoms with E-state index in [4.69, 9.17) is 4.74 Å². The van der Waals surface area contributed by atoms with Crippen LogP contribution in [0.25, 0.3) is 0 Å². The Morgan fingerprint density at radius 2 is 1.32 bits per heavy atom. The Balaban J connectivity index is 2.69. The monoisotopic (exact) mass is 597 g/mol. The van der Waals surface area contributed by atoms with Crippen LogP contribution in [-0.2, 0) is 11.3 Å². The van der Waals surface area contributed by atoms with Gasteiger partial charge in [-0.1, -0.05) is 19.1 Å². The van der Waals surface area contributed by atoms with Gasteiger partial charge in [-0.25, -0.2) is 0 Å². The molecule has 0 saturated carbocycles. The Bertz CT molecular complexity index is 421. The normalized spacial score (nSPS) is 11.4. The van der Waals surface area contributed by atoms with Crippen LogP contribution in [0.2, 0.25) is 19.1 Å². The Morgan fingerprint density at radius 1 is 0.842 bits per heavy atom. The van der Waals surface area contributed by atoms with Gasteiger partial charge in [0.25, 0.3) is 0 Å². The van der Waals surface area contributed by atoms with Gasteiger partial charge in [0.2, 0.25) is 0 Å². The summed E-state index contributed by atoms with van der Waals surface area (Å²) in [4.78, 5) is 0. The second-order valence-electron chi connectivity index (χ2n) is 4.41. The van der Waals surface area contributed by atoms with Gasteiger partial charge >= 0.3 is 0 Å². The van der Waals surface area contributed by atoms with E-state index in [1.807, 2.05) is 0 Å². The van der Waals surface area contributed by atoms with Gasteiger partial charge in [0.15, 0.2) is 0 Å². The maximum atomic E-state index is 5.78. The minimum absolute atomic E-state index is 0.134. The highest BCUT2D eigenvalue weighted by Gasteiger charge is 2.17. The van der Waals surface area contributed by atoms with Crippen molar-refractivity contribution in [3.63, 3.8) is 0 Å². The molecule has 107 valence electrons. The molecule has 0 aliphatic carbocycles. The molecule has 1 aromatic carbocycles. The lowest BCUT2D eigenvalue weighted by molar-refractivity contribution is 0.120. The number of hydrogen-bond acceptors (Lipinski definition) is 1. The van der Waals surface area contributed by atoms with Crippen LogP contribution in [0, 0.1) is 0 Å². The van der Waals surface area contributed by atoms with Crippen LogP contribution in [0.4, 0.5) is 0 Å². The molecule has 0 aliphatic rings. The quantitative estimate of drug-likeness (QED) is 0.146. The second-order valence-corrected chi connectivity index (χ2v) is 11.3. The summed E-state index contributed by atoms with van der Waals surface area (Å²) in [6.45, 7) is 6.09. The van der Waals surface area contributed by atoms with Crippen molar-refractivity contribution in [2.24, 2.45) is 0 Å². The molecule has 0 heterocycles. The SMILES string of the molecule is C[Si](C)CCCOCc1c(Br)c(Br)c(Br)c(Br)c1Br. The third kappa shape index (κ3) is 5.49. The van der Waals surface area contributed by atoms with E-state index in [0.717, 1.165) is 41.0 Å². The lowest BCUT2D eigenvalue weighted by Gasteiger charge is -2.14. The molecule has 19 heavy (non-hydrogen) atoms. The average molecular weight is 602 g/mol. The molecule has 0 fully saturated rings. The van der Waals surface area contributed by atoms with E-state index in [1.54, 1.807) is 0 Å². The molecular weight excluding hydrogens is 588 g/mol. The molecule has 0 unspecified atom stereocenters. The number of hydrogen-bond donors (Lipinski definition) is 0. The summed E-state index contributed by atoms with van der Waals surface area (Å²) in [7, 11) is -0.134. The highest BCUT2D eigenvalue weighted by Crippen LogP contribution is 2.44. The van der Waals surface area contributed by atoms with E-state index in [9.17, 15) is 0 Å². The molecule has 0 bridgehead atoms. The smallest absolute Gasteiger partial charge is 0.0739 e. The highest BCUT2D eigenvalue weighted by molar-refractivity contribution is 9.15. The fraction of sp³-hybridized carbons (Fsp3) is 0.500. The first-order valence-corrected chi connectivity index (χ1v) is 12.4. The first kappa shape index (κ1) is 18.8. The molecule has 0 N–H and O–H groups in total. The van der Waals surface area contributed by atoms with E-state index >= 15 is 0 Å². The topological polar surface area (TPSA) is 9.23 Å². The fourth-order valence-corrected chi connectivity index (χ4v) is 5.69. The van der Waals surface area contributed by atoms with Crippen LogP contribution in [-0.4, -0.2) is 15.4 Å². The van der Waals surface area contributed by atoms with Crippen LogP contribution in [0.15, 0.2) is 22.4 Å². The predicted octanol–water partition coefficient (Wildman–Crippen LogP) is 7.16. The zero-order chi connectivity index (χ0) is 14.6. The van der Waals surface area contributed by atoms with E-state index in [-0.39, 0.29) is 8.80 Å². The summed E-state index contributed by atoms with van der Waals surface area (Å²) in [5.74, 6) is 0. The molecule has 0 atom stereocenters. The number of halogens is 5. The minimum atomic E-state index is -0.134. The van der Waals surface area contributed by atoms with Crippen molar-refractivity contribution in [2.45, 2.75) is 32.2 Å². The van der Waals surface area contributed by atoms with Crippen molar-refractivity contribution in [3.05, 3.63) is 27.9 Å². The molecule has 0 spiro atoms. The van der Waals surface area contributed by atoms with Gasteiger partial charge in [0.1, 0.15) is 0 Å². The summed E-state index contributed by atoms with van der Waals surface area (Å²) >= 11 is 17.9. The van der Waals surface area contributed by atoms with Crippen molar-refractivity contribution in [1.29, 1.82) is 0 Å². The van der Waals surface area contributed by atoms with Crippen molar-refractivity contribution in [2.75, 3.05) is 6.61 Å². The zero-order valence-electron chi connectivity index (χ0n) is 10.6. The van der Waals surface area contributed by atoms with E-state index in [0.29, 0.717) is 6.61 Å². The Labute approximate surface area is 158 Å². The lowest BCUT2D eigenvalue weighted by Crippen LogP contribution is -2.03. The second kappa shape index (κ2) is 9.05. The third-order valence-corrected chi connectivity index (χ3v) is 10.1. The van der Waals surface area contributed by atoms with Crippen molar-refractivity contribution in [1.82, 2.24) is 0 Å². The molecule has 0 amide bonds. The summed E-state index contributed by atoms with van der Waals surface area (Å²) in [6, 6.07) is 1.31. The Hall–Kier alpha value is 1.80. The van der Waals surface area contributed by atoms with Gasteiger partial charge in [0, 0.05) is 43.3 Å². The highest BCUT2D eigenvalue weighted by atomic mass is 79.9. The standard InChI is InChI=1S/C12H14Br5OSi/c1-19(2)5-3-4-18-6-7-8(13)10(15)12(17)11(16)9(7)14/h3-6H2,1-2H3. The van der Waals surface area contributed by atoms with Gasteiger partial charge in [-0.3, -0.25) is 0 Å². The molecule has 1 radical (unpaired) electrons. The van der Waals surface area contributed by atoms with Gasteiger partial charge in [-0.2, -0.15) is 0 Å². The predicted molar refractivity (Wildman–Crippen MR) is 102 cm³/mol. The summed E-state index contributed by atoms with van der Waals surface area (Å²) in [6.07, 6.45) is 1.15. The number of benzene rings is 1. The molecule has 0 aliphatic heterocycles. The summed E-state index contributed by atoms with van der Waals surface area (Å²) in [5.41, 5.74) is 1.11. The molecule has 1 rings (SSSR count). The average Bonchev–Trinajstić information content (AvgIpc) is 2.37. The van der Waals surface area contributed by atoms with E-state index in [1.165, 1.54) is 6.04 Å². The maximum absolute atomic E-state index is 5.78. The van der Waals surface area contributed by atoms with Gasteiger partial charge in [0.05, 0.1) is 6.61 Å². The summed E-state index contributed by atoms with van der Waals surface area (Å²) < 4.78 is 10.8. The molecule has 0 saturated heterocycles. The van der Waals surface area contributed by atoms with Crippen molar-refractivity contribution in [3.8, 4) is 0 Å². The summed E-state index contributed by atoms with van der Waals surface area (Å²) in [5, 5.41) is 0. The number of rotatable bonds is 6. The van der Waals surface area contributed by atoms with Crippen LogP contribution in [0.1, 0.15) is 12.0 Å². The first-order valence-electron chi connectivity index (χ1n) is 5.73. The maximum Gasteiger partial charge on any atom is 0.0739 e.